The first kappa shape index (κ1) is 19.4. The minimum absolute atomic E-state index is 0.553. The number of halogens is 1. The second-order valence-corrected chi connectivity index (χ2v) is 7.14. The fraction of sp³-hybridized carbons (Fsp3) is 0.227. The van der Waals surface area contributed by atoms with Crippen molar-refractivity contribution in [2.45, 2.75) is 20.1 Å². The van der Waals surface area contributed by atoms with Crippen LogP contribution in [0.4, 0.5) is 0 Å². The van der Waals surface area contributed by atoms with Crippen molar-refractivity contribution in [3.8, 4) is 11.6 Å². The summed E-state index contributed by atoms with van der Waals surface area (Å²) in [6.07, 6.45) is 1.72. The molecule has 0 unspecified atom stereocenters. The number of rotatable bonds is 9. The third-order valence-electron chi connectivity index (χ3n) is 4.02. The average Bonchev–Trinajstić information content (AvgIpc) is 2.69. The van der Waals surface area contributed by atoms with Crippen LogP contribution in [0.25, 0.3) is 0 Å². The molecule has 2 aromatic carbocycles. The highest BCUT2D eigenvalue weighted by Gasteiger charge is 2.06. The molecule has 1 aromatic heterocycles. The molecule has 1 heterocycles. The molecule has 4 nitrogen and oxygen atoms in total. The number of ether oxygens (including phenoxy) is 2. The smallest absolute Gasteiger partial charge is 0.213 e. The molecule has 0 aliphatic rings. The van der Waals surface area contributed by atoms with E-state index in [0.29, 0.717) is 25.6 Å². The first-order valence-electron chi connectivity index (χ1n) is 8.92. The Kier molecular flexibility index (Phi) is 7.25. The van der Waals surface area contributed by atoms with E-state index < -0.39 is 0 Å². The third-order valence-corrected chi connectivity index (χ3v) is 4.51. The Hall–Kier alpha value is -2.37. The van der Waals surface area contributed by atoms with Crippen molar-refractivity contribution >= 4 is 15.9 Å². The predicted molar refractivity (Wildman–Crippen MR) is 111 cm³/mol. The van der Waals surface area contributed by atoms with Crippen LogP contribution < -0.4 is 14.8 Å². The Bertz CT molecular complexity index is 839. The summed E-state index contributed by atoms with van der Waals surface area (Å²) in [7, 11) is 0. The summed E-state index contributed by atoms with van der Waals surface area (Å²) < 4.78 is 12.7. The van der Waals surface area contributed by atoms with Gasteiger partial charge in [0.15, 0.2) is 0 Å². The molecular weight excluding hydrogens is 404 g/mol. The number of benzene rings is 2. The summed E-state index contributed by atoms with van der Waals surface area (Å²) in [4.78, 5) is 4.14. The van der Waals surface area contributed by atoms with E-state index in [9.17, 15) is 0 Å². The zero-order chi connectivity index (χ0) is 18.9. The Morgan fingerprint density at radius 2 is 1.85 bits per heavy atom. The molecule has 5 heteroatoms. The summed E-state index contributed by atoms with van der Waals surface area (Å²) in [5.41, 5.74) is 3.51. The lowest BCUT2D eigenvalue weighted by molar-refractivity contribution is 0.295. The van der Waals surface area contributed by atoms with Gasteiger partial charge in [-0.3, -0.25) is 0 Å². The van der Waals surface area contributed by atoms with Crippen molar-refractivity contribution in [2.24, 2.45) is 0 Å². The molecule has 0 fully saturated rings. The standard InChI is InChI=1S/C22H23BrN2O2/c1-17-5-7-18(8-6-17)16-27-21-10-9-20(23)14-19(21)15-24-12-13-26-22-4-2-3-11-25-22/h2-11,14,24H,12-13,15-16H2,1H3. The summed E-state index contributed by atoms with van der Waals surface area (Å²) in [5.74, 6) is 1.53. The van der Waals surface area contributed by atoms with E-state index >= 15 is 0 Å². The van der Waals surface area contributed by atoms with E-state index in [2.05, 4.69) is 63.5 Å². The zero-order valence-corrected chi connectivity index (χ0v) is 16.9. The Morgan fingerprint density at radius 1 is 1.00 bits per heavy atom. The van der Waals surface area contributed by atoms with E-state index in [-0.39, 0.29) is 0 Å². The first-order chi connectivity index (χ1) is 13.2. The molecule has 0 saturated carbocycles. The normalized spacial score (nSPS) is 10.6. The molecule has 3 aromatic rings. The highest BCUT2D eigenvalue weighted by molar-refractivity contribution is 9.10. The Balaban J connectivity index is 1.50. The van der Waals surface area contributed by atoms with E-state index in [1.165, 1.54) is 5.56 Å². The van der Waals surface area contributed by atoms with Crippen LogP contribution in [0.5, 0.6) is 11.6 Å². The van der Waals surface area contributed by atoms with Crippen LogP contribution in [0.15, 0.2) is 71.3 Å². The molecule has 27 heavy (non-hydrogen) atoms. The average molecular weight is 427 g/mol. The molecule has 0 aliphatic heterocycles. The molecule has 1 N–H and O–H groups in total. The maximum atomic E-state index is 6.04. The van der Waals surface area contributed by atoms with Crippen LogP contribution in [0, 0.1) is 6.92 Å². The molecule has 0 bridgehead atoms. The zero-order valence-electron chi connectivity index (χ0n) is 15.3. The minimum Gasteiger partial charge on any atom is -0.489 e. The lowest BCUT2D eigenvalue weighted by atomic mass is 10.1. The van der Waals surface area contributed by atoms with Gasteiger partial charge in [0.25, 0.3) is 0 Å². The summed E-state index contributed by atoms with van der Waals surface area (Å²) in [6, 6.07) is 20.1. The van der Waals surface area contributed by atoms with Crippen molar-refractivity contribution < 1.29 is 9.47 Å². The van der Waals surface area contributed by atoms with Crippen LogP contribution in [0.1, 0.15) is 16.7 Å². The van der Waals surface area contributed by atoms with Crippen molar-refractivity contribution in [3.63, 3.8) is 0 Å². The lowest BCUT2D eigenvalue weighted by Crippen LogP contribution is -2.21. The van der Waals surface area contributed by atoms with Crippen LogP contribution in [0.3, 0.4) is 0 Å². The van der Waals surface area contributed by atoms with Gasteiger partial charge in [-0.25, -0.2) is 4.98 Å². The largest absolute Gasteiger partial charge is 0.489 e. The molecule has 3 rings (SSSR count). The molecule has 0 saturated heterocycles. The van der Waals surface area contributed by atoms with Gasteiger partial charge in [0.05, 0.1) is 0 Å². The topological polar surface area (TPSA) is 43.4 Å². The molecule has 140 valence electrons. The molecular formula is C22H23BrN2O2. The highest BCUT2D eigenvalue weighted by atomic mass is 79.9. The lowest BCUT2D eigenvalue weighted by Gasteiger charge is -2.13. The number of aromatic nitrogens is 1. The molecule has 0 amide bonds. The van der Waals surface area contributed by atoms with Gasteiger partial charge in [-0.05, 0) is 36.8 Å². The third kappa shape index (κ3) is 6.38. The van der Waals surface area contributed by atoms with E-state index in [4.69, 9.17) is 9.47 Å². The molecule has 0 radical (unpaired) electrons. The van der Waals surface area contributed by atoms with Gasteiger partial charge in [-0.15, -0.1) is 0 Å². The van der Waals surface area contributed by atoms with Crippen LogP contribution in [-0.2, 0) is 13.2 Å². The van der Waals surface area contributed by atoms with Crippen LogP contribution >= 0.6 is 15.9 Å². The maximum absolute atomic E-state index is 6.04. The summed E-state index contributed by atoms with van der Waals surface area (Å²) >= 11 is 3.54. The molecule has 0 atom stereocenters. The number of aryl methyl sites for hydroxylation is 1. The van der Waals surface area contributed by atoms with Gasteiger partial charge in [0, 0.05) is 35.4 Å². The van der Waals surface area contributed by atoms with Gasteiger partial charge >= 0.3 is 0 Å². The van der Waals surface area contributed by atoms with Gasteiger partial charge in [0.2, 0.25) is 5.88 Å². The fourth-order valence-corrected chi connectivity index (χ4v) is 2.96. The quantitative estimate of drug-likeness (QED) is 0.494. The highest BCUT2D eigenvalue weighted by Crippen LogP contribution is 2.24. The second-order valence-electron chi connectivity index (χ2n) is 6.22. The SMILES string of the molecule is Cc1ccc(COc2ccc(Br)cc2CNCCOc2ccccn2)cc1. The van der Waals surface area contributed by atoms with Gasteiger partial charge < -0.3 is 14.8 Å². The number of nitrogens with one attached hydrogen (secondary N) is 1. The maximum Gasteiger partial charge on any atom is 0.213 e. The number of nitrogens with zero attached hydrogens (tertiary/aromatic N) is 1. The molecule has 0 spiro atoms. The number of pyridine rings is 1. The van der Waals surface area contributed by atoms with Gasteiger partial charge in [0.1, 0.15) is 19.0 Å². The van der Waals surface area contributed by atoms with Gasteiger partial charge in [-0.1, -0.05) is 51.8 Å². The van der Waals surface area contributed by atoms with E-state index in [1.807, 2.05) is 30.3 Å². The minimum atomic E-state index is 0.553. The second kappa shape index (κ2) is 10.1. The van der Waals surface area contributed by atoms with Crippen molar-refractivity contribution in [1.29, 1.82) is 0 Å². The predicted octanol–water partition coefficient (Wildman–Crippen LogP) is 4.90. The van der Waals surface area contributed by atoms with Crippen LogP contribution in [0.2, 0.25) is 0 Å². The summed E-state index contributed by atoms with van der Waals surface area (Å²) in [5, 5.41) is 3.39. The first-order valence-corrected chi connectivity index (χ1v) is 9.71. The van der Waals surface area contributed by atoms with Crippen molar-refractivity contribution in [2.75, 3.05) is 13.2 Å². The van der Waals surface area contributed by atoms with Crippen molar-refractivity contribution in [1.82, 2.24) is 10.3 Å². The fourth-order valence-electron chi connectivity index (χ4n) is 2.56. The number of hydrogen-bond acceptors (Lipinski definition) is 4. The van der Waals surface area contributed by atoms with E-state index in [1.54, 1.807) is 6.20 Å². The molecule has 0 aliphatic carbocycles. The number of hydrogen-bond donors (Lipinski definition) is 1. The Morgan fingerprint density at radius 3 is 2.63 bits per heavy atom. The van der Waals surface area contributed by atoms with E-state index in [0.717, 1.165) is 27.9 Å². The van der Waals surface area contributed by atoms with Crippen molar-refractivity contribution in [3.05, 3.63) is 88.0 Å². The van der Waals surface area contributed by atoms with Crippen LogP contribution in [-0.4, -0.2) is 18.1 Å². The summed E-state index contributed by atoms with van der Waals surface area (Å²) in [6.45, 7) is 4.62. The Labute approximate surface area is 168 Å². The van der Waals surface area contributed by atoms with Gasteiger partial charge in [-0.2, -0.15) is 0 Å². The monoisotopic (exact) mass is 426 g/mol.